The van der Waals surface area contributed by atoms with Crippen LogP contribution in [-0.2, 0) is 16.0 Å². The van der Waals surface area contributed by atoms with Crippen LogP contribution < -0.4 is 5.32 Å². The molecule has 1 aliphatic heterocycles. The van der Waals surface area contributed by atoms with Gasteiger partial charge < -0.3 is 10.1 Å². The SMILES string of the molecule is O=C(CCc1ccccc1)N[C@H]1[C@H]2CCO[C@H]2[C@H]1C1CCCC1. The summed E-state index contributed by atoms with van der Waals surface area (Å²) >= 11 is 0. The van der Waals surface area contributed by atoms with E-state index in [1.165, 1.54) is 31.2 Å². The van der Waals surface area contributed by atoms with Crippen molar-refractivity contribution in [1.29, 1.82) is 0 Å². The average molecular weight is 313 g/mol. The average Bonchev–Trinajstić information content (AvgIpc) is 3.23. The molecule has 0 unspecified atom stereocenters. The van der Waals surface area contributed by atoms with Gasteiger partial charge in [0.15, 0.2) is 0 Å². The Balaban J connectivity index is 1.34. The third-order valence-corrected chi connectivity index (χ3v) is 6.19. The van der Waals surface area contributed by atoms with Crippen molar-refractivity contribution in [3.63, 3.8) is 0 Å². The van der Waals surface area contributed by atoms with Crippen LogP contribution >= 0.6 is 0 Å². The molecule has 4 rings (SSSR count). The molecule has 1 heterocycles. The molecule has 3 aliphatic rings. The van der Waals surface area contributed by atoms with Crippen LogP contribution in [0, 0.1) is 17.8 Å². The number of rotatable bonds is 5. The van der Waals surface area contributed by atoms with Gasteiger partial charge in [-0.1, -0.05) is 56.0 Å². The fourth-order valence-corrected chi connectivity index (χ4v) is 5.02. The van der Waals surface area contributed by atoms with Gasteiger partial charge in [0, 0.05) is 30.9 Å². The van der Waals surface area contributed by atoms with Crippen molar-refractivity contribution in [3.8, 4) is 0 Å². The van der Waals surface area contributed by atoms with Gasteiger partial charge in [-0.2, -0.15) is 0 Å². The van der Waals surface area contributed by atoms with Crippen LogP contribution in [0.1, 0.15) is 44.1 Å². The number of nitrogens with one attached hydrogen (secondary N) is 1. The zero-order valence-electron chi connectivity index (χ0n) is 13.7. The van der Waals surface area contributed by atoms with Crippen molar-refractivity contribution in [3.05, 3.63) is 35.9 Å². The number of ether oxygens (including phenoxy) is 1. The molecule has 0 aromatic heterocycles. The van der Waals surface area contributed by atoms with Crippen molar-refractivity contribution in [2.75, 3.05) is 6.61 Å². The van der Waals surface area contributed by atoms with E-state index < -0.39 is 0 Å². The fourth-order valence-electron chi connectivity index (χ4n) is 5.02. The molecule has 1 saturated heterocycles. The number of carbonyl (C=O) groups is 1. The molecule has 23 heavy (non-hydrogen) atoms. The normalized spacial score (nSPS) is 33.2. The first-order valence-corrected chi connectivity index (χ1v) is 9.28. The molecule has 3 fully saturated rings. The van der Waals surface area contributed by atoms with Gasteiger partial charge in [-0.3, -0.25) is 4.79 Å². The molecule has 0 bridgehead atoms. The van der Waals surface area contributed by atoms with E-state index in [4.69, 9.17) is 4.74 Å². The van der Waals surface area contributed by atoms with Crippen molar-refractivity contribution in [2.24, 2.45) is 17.8 Å². The highest BCUT2D eigenvalue weighted by atomic mass is 16.5. The molecule has 3 nitrogen and oxygen atoms in total. The van der Waals surface area contributed by atoms with Crippen LogP contribution in [0.4, 0.5) is 0 Å². The molecular formula is C20H27NO2. The Bertz CT molecular complexity index is 533. The number of amides is 1. The number of fused-ring (bicyclic) bond motifs is 1. The van der Waals surface area contributed by atoms with E-state index in [0.717, 1.165) is 25.4 Å². The Morgan fingerprint density at radius 3 is 2.70 bits per heavy atom. The van der Waals surface area contributed by atoms with E-state index in [0.29, 0.717) is 30.4 Å². The van der Waals surface area contributed by atoms with Gasteiger partial charge in [-0.15, -0.1) is 0 Å². The summed E-state index contributed by atoms with van der Waals surface area (Å²) in [7, 11) is 0. The highest BCUT2D eigenvalue weighted by Gasteiger charge is 2.56. The first kappa shape index (κ1) is 15.2. The van der Waals surface area contributed by atoms with E-state index in [2.05, 4.69) is 17.4 Å². The standard InChI is InChI=1S/C20H27NO2/c22-17(11-10-14-6-2-1-3-7-14)21-19-16-12-13-23-20(16)18(19)15-8-4-5-9-15/h1-3,6-7,15-16,18-20H,4-5,8-13H2,(H,21,22)/t16-,18+,19+,20-/m1/s1. The van der Waals surface area contributed by atoms with E-state index in [9.17, 15) is 4.79 Å². The van der Waals surface area contributed by atoms with Crippen molar-refractivity contribution in [1.82, 2.24) is 5.32 Å². The van der Waals surface area contributed by atoms with Gasteiger partial charge in [-0.05, 0) is 24.3 Å². The molecule has 1 N–H and O–H groups in total. The lowest BCUT2D eigenvalue weighted by molar-refractivity contribution is -0.129. The van der Waals surface area contributed by atoms with E-state index in [-0.39, 0.29) is 5.91 Å². The molecule has 3 heteroatoms. The highest BCUT2D eigenvalue weighted by molar-refractivity contribution is 5.76. The first-order valence-electron chi connectivity index (χ1n) is 9.28. The van der Waals surface area contributed by atoms with Crippen molar-refractivity contribution in [2.45, 2.75) is 57.1 Å². The monoisotopic (exact) mass is 313 g/mol. The van der Waals surface area contributed by atoms with Crippen molar-refractivity contribution < 1.29 is 9.53 Å². The van der Waals surface area contributed by atoms with Crippen LogP contribution in [0.15, 0.2) is 30.3 Å². The summed E-state index contributed by atoms with van der Waals surface area (Å²) in [6.45, 7) is 0.884. The Labute approximate surface area is 138 Å². The second-order valence-electron chi connectivity index (χ2n) is 7.49. The number of aryl methyl sites for hydroxylation is 1. The van der Waals surface area contributed by atoms with Gasteiger partial charge in [0.05, 0.1) is 6.10 Å². The lowest BCUT2D eigenvalue weighted by Crippen LogP contribution is -2.63. The third kappa shape index (κ3) is 3.03. The summed E-state index contributed by atoms with van der Waals surface area (Å²) < 4.78 is 5.97. The summed E-state index contributed by atoms with van der Waals surface area (Å²) in [4.78, 5) is 12.4. The molecular weight excluding hydrogens is 286 g/mol. The molecule has 1 amide bonds. The Morgan fingerprint density at radius 1 is 1.13 bits per heavy atom. The zero-order chi connectivity index (χ0) is 15.6. The summed E-state index contributed by atoms with van der Waals surface area (Å²) in [5, 5.41) is 3.37. The Morgan fingerprint density at radius 2 is 1.91 bits per heavy atom. The lowest BCUT2D eigenvalue weighted by atomic mass is 9.61. The molecule has 0 radical (unpaired) electrons. The summed E-state index contributed by atoms with van der Waals surface area (Å²) in [5.74, 6) is 2.13. The van der Waals surface area contributed by atoms with Gasteiger partial charge >= 0.3 is 0 Å². The van der Waals surface area contributed by atoms with Gasteiger partial charge in [-0.25, -0.2) is 0 Å². The summed E-state index contributed by atoms with van der Waals surface area (Å²) in [5.41, 5.74) is 1.24. The number of hydrogen-bond donors (Lipinski definition) is 1. The van der Waals surface area contributed by atoms with Crippen LogP contribution in [0.25, 0.3) is 0 Å². The third-order valence-electron chi connectivity index (χ3n) is 6.19. The van der Waals surface area contributed by atoms with Crippen LogP contribution in [-0.4, -0.2) is 24.7 Å². The molecule has 2 aliphatic carbocycles. The smallest absolute Gasteiger partial charge is 0.220 e. The van der Waals surface area contributed by atoms with E-state index in [1.807, 2.05) is 18.2 Å². The van der Waals surface area contributed by atoms with E-state index >= 15 is 0 Å². The molecule has 1 aromatic carbocycles. The first-order chi connectivity index (χ1) is 11.3. The zero-order valence-corrected chi connectivity index (χ0v) is 13.7. The lowest BCUT2D eigenvalue weighted by Gasteiger charge is -2.50. The van der Waals surface area contributed by atoms with Gasteiger partial charge in [0.25, 0.3) is 0 Å². The maximum Gasteiger partial charge on any atom is 0.220 e. The number of hydrogen-bond acceptors (Lipinski definition) is 2. The fraction of sp³-hybridized carbons (Fsp3) is 0.650. The predicted octanol–water partition coefficient (Wildman–Crippen LogP) is 3.33. The number of benzene rings is 1. The quantitative estimate of drug-likeness (QED) is 0.905. The molecule has 124 valence electrons. The summed E-state index contributed by atoms with van der Waals surface area (Å²) in [6, 6.07) is 10.7. The predicted molar refractivity (Wildman–Crippen MR) is 90.0 cm³/mol. The minimum atomic E-state index is 0.215. The largest absolute Gasteiger partial charge is 0.377 e. The molecule has 2 saturated carbocycles. The molecule has 4 atom stereocenters. The van der Waals surface area contributed by atoms with Crippen LogP contribution in [0.2, 0.25) is 0 Å². The van der Waals surface area contributed by atoms with Crippen LogP contribution in [0.5, 0.6) is 0 Å². The van der Waals surface area contributed by atoms with Crippen LogP contribution in [0.3, 0.4) is 0 Å². The maximum atomic E-state index is 12.4. The minimum absolute atomic E-state index is 0.215. The number of carbonyl (C=O) groups excluding carboxylic acids is 1. The second kappa shape index (κ2) is 6.64. The second-order valence-corrected chi connectivity index (χ2v) is 7.49. The topological polar surface area (TPSA) is 38.3 Å². The van der Waals surface area contributed by atoms with Crippen molar-refractivity contribution >= 4 is 5.91 Å². The highest BCUT2D eigenvalue weighted by Crippen LogP contribution is 2.51. The molecule has 0 spiro atoms. The maximum absolute atomic E-state index is 12.4. The molecule has 1 aromatic rings. The minimum Gasteiger partial charge on any atom is -0.377 e. The Kier molecular flexibility index (Phi) is 4.39. The van der Waals surface area contributed by atoms with Gasteiger partial charge in [0.2, 0.25) is 5.91 Å². The Hall–Kier alpha value is -1.35. The summed E-state index contributed by atoms with van der Waals surface area (Å²) in [6.07, 6.45) is 8.34. The van der Waals surface area contributed by atoms with E-state index in [1.54, 1.807) is 0 Å². The van der Waals surface area contributed by atoms with Gasteiger partial charge in [0.1, 0.15) is 0 Å².